The first-order chi connectivity index (χ1) is 14.3. The van der Waals surface area contributed by atoms with Crippen LogP contribution in [0.5, 0.6) is 11.5 Å². The van der Waals surface area contributed by atoms with Crippen molar-refractivity contribution in [2.75, 3.05) is 13.7 Å². The normalized spacial score (nSPS) is 15.0. The maximum absolute atomic E-state index is 12.1. The van der Waals surface area contributed by atoms with Gasteiger partial charge in [-0.25, -0.2) is 0 Å². The highest BCUT2D eigenvalue weighted by Gasteiger charge is 2.31. The summed E-state index contributed by atoms with van der Waals surface area (Å²) in [6.45, 7) is 2.32. The molecule has 1 saturated heterocycles. The Balaban J connectivity index is 1.87. The van der Waals surface area contributed by atoms with Crippen LogP contribution in [-0.4, -0.2) is 34.6 Å². The second-order valence-corrected chi connectivity index (χ2v) is 8.07. The van der Waals surface area contributed by atoms with E-state index < -0.39 is 4.92 Å². The Morgan fingerprint density at radius 1 is 1.23 bits per heavy atom. The molecule has 0 aliphatic carbocycles. The fourth-order valence-corrected chi connectivity index (χ4v) is 4.09. The van der Waals surface area contributed by atoms with E-state index in [0.29, 0.717) is 38.6 Å². The number of amides is 2. The van der Waals surface area contributed by atoms with E-state index in [1.807, 2.05) is 6.92 Å². The van der Waals surface area contributed by atoms with Crippen molar-refractivity contribution in [3.05, 3.63) is 67.0 Å². The van der Waals surface area contributed by atoms with Gasteiger partial charge in [0.25, 0.3) is 16.8 Å². The third-order valence-corrected chi connectivity index (χ3v) is 5.67. The summed E-state index contributed by atoms with van der Waals surface area (Å²) in [6.07, 6.45) is 1.62. The van der Waals surface area contributed by atoms with Gasteiger partial charge in [-0.15, -0.1) is 0 Å². The Hall–Kier alpha value is -2.85. The van der Waals surface area contributed by atoms with Gasteiger partial charge in [-0.05, 0) is 64.0 Å². The lowest BCUT2D eigenvalue weighted by Gasteiger charge is -2.15. The van der Waals surface area contributed by atoms with E-state index >= 15 is 0 Å². The number of nitro groups is 1. The van der Waals surface area contributed by atoms with Crippen LogP contribution in [0.1, 0.15) is 18.1 Å². The molecule has 30 heavy (non-hydrogen) atoms. The lowest BCUT2D eigenvalue weighted by Crippen LogP contribution is -2.22. The molecule has 2 amide bonds. The van der Waals surface area contributed by atoms with Crippen molar-refractivity contribution in [2.24, 2.45) is 0 Å². The summed E-state index contributed by atoms with van der Waals surface area (Å²) in [4.78, 5) is 35.7. The van der Waals surface area contributed by atoms with Gasteiger partial charge >= 0.3 is 0 Å². The minimum Gasteiger partial charge on any atom is -0.490 e. The fourth-order valence-electron chi connectivity index (χ4n) is 2.69. The van der Waals surface area contributed by atoms with Crippen LogP contribution in [0.3, 0.4) is 0 Å². The number of hydrogen-bond acceptors (Lipinski definition) is 7. The number of nitrogens with zero attached hydrogens (tertiary/aromatic N) is 2. The minimum atomic E-state index is -0.460. The summed E-state index contributed by atoms with van der Waals surface area (Å²) in [5.41, 5.74) is 1.28. The lowest BCUT2D eigenvalue weighted by molar-refractivity contribution is -0.384. The number of imide groups is 1. The van der Waals surface area contributed by atoms with E-state index in [1.54, 1.807) is 30.3 Å². The standard InChI is InChI=1S/C20H17BrN2O6S/c1-3-28-16-9-13(10-17-19(24)22(2)20(25)30-17)8-15(21)18(16)29-11-12-5-4-6-14(7-12)23(26)27/h4-10H,3,11H2,1-2H3/b17-10-. The van der Waals surface area contributed by atoms with Crippen molar-refractivity contribution in [2.45, 2.75) is 13.5 Å². The highest BCUT2D eigenvalue weighted by molar-refractivity contribution is 9.10. The van der Waals surface area contributed by atoms with Crippen LogP contribution < -0.4 is 9.47 Å². The van der Waals surface area contributed by atoms with Crippen molar-refractivity contribution in [3.8, 4) is 11.5 Å². The van der Waals surface area contributed by atoms with Crippen LogP contribution in [0, 0.1) is 10.1 Å². The SMILES string of the molecule is CCOc1cc(/C=C2\SC(=O)N(C)C2=O)cc(Br)c1OCc1cccc([N+](=O)[O-])c1. The highest BCUT2D eigenvalue weighted by atomic mass is 79.9. The van der Waals surface area contributed by atoms with Crippen molar-refractivity contribution in [1.82, 2.24) is 4.90 Å². The smallest absolute Gasteiger partial charge is 0.293 e. The summed E-state index contributed by atoms with van der Waals surface area (Å²) in [5.74, 6) is 0.522. The first kappa shape index (κ1) is 21.8. The first-order valence-corrected chi connectivity index (χ1v) is 10.4. The molecule has 0 atom stereocenters. The molecule has 0 N–H and O–H groups in total. The zero-order valence-corrected chi connectivity index (χ0v) is 18.5. The van der Waals surface area contributed by atoms with Gasteiger partial charge in [0.2, 0.25) is 0 Å². The van der Waals surface area contributed by atoms with E-state index in [1.165, 1.54) is 19.2 Å². The van der Waals surface area contributed by atoms with Crippen LogP contribution >= 0.6 is 27.7 Å². The van der Waals surface area contributed by atoms with Crippen LogP contribution in [0.2, 0.25) is 0 Å². The molecule has 0 saturated carbocycles. The fraction of sp³-hybridized carbons (Fsp3) is 0.200. The van der Waals surface area contributed by atoms with Gasteiger partial charge < -0.3 is 9.47 Å². The van der Waals surface area contributed by atoms with Crippen LogP contribution in [-0.2, 0) is 11.4 Å². The van der Waals surface area contributed by atoms with Crippen LogP contribution in [0.15, 0.2) is 45.8 Å². The summed E-state index contributed by atoms with van der Waals surface area (Å²) in [7, 11) is 1.44. The Morgan fingerprint density at radius 2 is 2.00 bits per heavy atom. The van der Waals surface area contributed by atoms with Gasteiger partial charge in [-0.3, -0.25) is 24.6 Å². The summed E-state index contributed by atoms with van der Waals surface area (Å²) >= 11 is 4.33. The molecule has 8 nitrogen and oxygen atoms in total. The Labute approximate surface area is 185 Å². The largest absolute Gasteiger partial charge is 0.490 e. The predicted molar refractivity (Wildman–Crippen MR) is 116 cm³/mol. The van der Waals surface area contributed by atoms with Crippen LogP contribution in [0.25, 0.3) is 6.08 Å². The number of nitro benzene ring substituents is 1. The zero-order valence-electron chi connectivity index (χ0n) is 16.1. The number of likely N-dealkylation sites (N-methyl/N-ethyl adjacent to an activating group) is 1. The Morgan fingerprint density at radius 3 is 2.63 bits per heavy atom. The molecule has 156 valence electrons. The average Bonchev–Trinajstić information content (AvgIpc) is 2.94. The number of carbonyl (C=O) groups excluding carboxylic acids is 2. The van der Waals surface area contributed by atoms with Crippen molar-refractivity contribution in [1.29, 1.82) is 0 Å². The molecule has 0 bridgehead atoms. The predicted octanol–water partition coefficient (Wildman–Crippen LogP) is 5.00. The number of halogens is 1. The maximum atomic E-state index is 12.1. The molecule has 1 aliphatic rings. The molecule has 0 spiro atoms. The van der Waals surface area contributed by atoms with E-state index in [-0.39, 0.29) is 23.4 Å². The Bertz CT molecular complexity index is 1060. The van der Waals surface area contributed by atoms with E-state index in [0.717, 1.165) is 16.7 Å². The average molecular weight is 493 g/mol. The molecule has 2 aromatic rings. The van der Waals surface area contributed by atoms with E-state index in [9.17, 15) is 19.7 Å². The minimum absolute atomic E-state index is 0.0135. The molecule has 2 aromatic carbocycles. The summed E-state index contributed by atoms with van der Waals surface area (Å²) < 4.78 is 12.1. The van der Waals surface area contributed by atoms with E-state index in [4.69, 9.17) is 9.47 Å². The molecule has 1 fully saturated rings. The first-order valence-electron chi connectivity index (χ1n) is 8.84. The van der Waals surface area contributed by atoms with Crippen molar-refractivity contribution < 1.29 is 24.0 Å². The van der Waals surface area contributed by atoms with Gasteiger partial charge in [0.15, 0.2) is 11.5 Å². The van der Waals surface area contributed by atoms with Gasteiger partial charge in [0.05, 0.1) is 20.9 Å². The van der Waals surface area contributed by atoms with Crippen molar-refractivity contribution >= 4 is 50.6 Å². The number of benzene rings is 2. The lowest BCUT2D eigenvalue weighted by atomic mass is 10.1. The molecule has 1 aliphatic heterocycles. The third-order valence-electron chi connectivity index (χ3n) is 4.12. The molecule has 0 aromatic heterocycles. The van der Waals surface area contributed by atoms with Crippen LogP contribution in [0.4, 0.5) is 10.5 Å². The molecular formula is C20H17BrN2O6S. The monoisotopic (exact) mass is 492 g/mol. The number of hydrogen-bond donors (Lipinski definition) is 0. The van der Waals surface area contributed by atoms with Gasteiger partial charge in [0.1, 0.15) is 6.61 Å². The number of rotatable bonds is 7. The highest BCUT2D eigenvalue weighted by Crippen LogP contribution is 2.39. The topological polar surface area (TPSA) is 99.0 Å². The van der Waals surface area contributed by atoms with Crippen molar-refractivity contribution in [3.63, 3.8) is 0 Å². The van der Waals surface area contributed by atoms with Gasteiger partial charge in [-0.1, -0.05) is 12.1 Å². The zero-order chi connectivity index (χ0) is 21.8. The van der Waals surface area contributed by atoms with E-state index in [2.05, 4.69) is 15.9 Å². The third kappa shape index (κ3) is 4.82. The Kier molecular flexibility index (Phi) is 6.78. The quantitative estimate of drug-likeness (QED) is 0.304. The number of thioether (sulfide) groups is 1. The number of ether oxygens (including phenoxy) is 2. The van der Waals surface area contributed by atoms with Gasteiger partial charge in [0, 0.05) is 19.2 Å². The van der Waals surface area contributed by atoms with Gasteiger partial charge in [-0.2, -0.15) is 0 Å². The molecular weight excluding hydrogens is 476 g/mol. The second-order valence-electron chi connectivity index (χ2n) is 6.22. The molecule has 1 heterocycles. The molecule has 10 heteroatoms. The second kappa shape index (κ2) is 9.31. The molecule has 3 rings (SSSR count). The summed E-state index contributed by atoms with van der Waals surface area (Å²) in [6, 6.07) is 9.65. The number of carbonyl (C=O) groups is 2. The number of non-ortho nitro benzene ring substituents is 1. The summed E-state index contributed by atoms with van der Waals surface area (Å²) in [5, 5.41) is 10.6. The molecule has 0 unspecified atom stereocenters. The molecule has 0 radical (unpaired) electrons. The maximum Gasteiger partial charge on any atom is 0.293 e.